The Morgan fingerprint density at radius 1 is 1.00 bits per heavy atom. The number of aromatic nitrogens is 1. The van der Waals surface area contributed by atoms with E-state index in [1.54, 1.807) is 18.3 Å². The van der Waals surface area contributed by atoms with Crippen molar-refractivity contribution in [1.29, 1.82) is 0 Å². The molecule has 3 aromatic rings. The topological polar surface area (TPSA) is 74.3 Å². The lowest BCUT2D eigenvalue weighted by Gasteiger charge is -2.25. The van der Waals surface area contributed by atoms with Crippen LogP contribution in [0.15, 0.2) is 67.0 Å². The molecule has 0 spiro atoms. The lowest BCUT2D eigenvalue weighted by Crippen LogP contribution is -2.33. The van der Waals surface area contributed by atoms with Crippen molar-refractivity contribution in [3.05, 3.63) is 83.8 Å². The van der Waals surface area contributed by atoms with E-state index in [1.165, 1.54) is 12.0 Å². The minimum atomic E-state index is -0.253. The summed E-state index contributed by atoms with van der Waals surface area (Å²) < 4.78 is 0. The van der Waals surface area contributed by atoms with Gasteiger partial charge in [0.25, 0.3) is 11.8 Å². The fourth-order valence-corrected chi connectivity index (χ4v) is 4.48. The zero-order chi connectivity index (χ0) is 22.6. The van der Waals surface area contributed by atoms with Crippen LogP contribution in [-0.4, -0.2) is 34.8 Å². The quantitative estimate of drug-likeness (QED) is 0.557. The third kappa shape index (κ3) is 4.60. The van der Waals surface area contributed by atoms with Gasteiger partial charge < -0.3 is 15.5 Å². The van der Waals surface area contributed by atoms with Gasteiger partial charge in [0.1, 0.15) is 0 Å². The SMILES string of the molecule is O=C(NCC1CCC1)c1ncccc1NC(=O)c1ccc(CN2C=CCC2)c2ccccc12. The molecule has 1 fully saturated rings. The number of anilines is 1. The Balaban J connectivity index is 1.37. The molecule has 1 saturated carbocycles. The van der Waals surface area contributed by atoms with Crippen molar-refractivity contribution in [2.45, 2.75) is 32.2 Å². The standard InChI is InChI=1S/C27H28N4O2/c32-26(30-24-11-6-14-28-25(24)27(33)29-17-19-7-5-8-19)23-13-12-20(18-31-15-3-4-16-31)21-9-1-2-10-22(21)23/h1-3,6,9-15,19H,4-5,7-8,16-18H2,(H,29,33)(H,30,32). The van der Waals surface area contributed by atoms with Crippen LogP contribution < -0.4 is 10.6 Å². The number of carbonyl (C=O) groups is 2. The molecule has 1 aromatic heterocycles. The van der Waals surface area contributed by atoms with Crippen LogP contribution in [0.3, 0.4) is 0 Å². The largest absolute Gasteiger partial charge is 0.373 e. The number of hydrogen-bond donors (Lipinski definition) is 2. The number of pyridine rings is 1. The molecule has 168 valence electrons. The van der Waals surface area contributed by atoms with Crippen molar-refractivity contribution < 1.29 is 9.59 Å². The van der Waals surface area contributed by atoms with Crippen LogP contribution in [0.2, 0.25) is 0 Å². The number of hydrogen-bond acceptors (Lipinski definition) is 4. The fourth-order valence-electron chi connectivity index (χ4n) is 4.48. The highest BCUT2D eigenvalue weighted by Crippen LogP contribution is 2.27. The molecule has 0 unspecified atom stereocenters. The van der Waals surface area contributed by atoms with Gasteiger partial charge in [-0.3, -0.25) is 9.59 Å². The number of nitrogens with one attached hydrogen (secondary N) is 2. The average Bonchev–Trinajstić information content (AvgIpc) is 3.31. The first kappa shape index (κ1) is 21.2. The first-order chi connectivity index (χ1) is 16.2. The Bertz CT molecular complexity index is 1220. The predicted molar refractivity (Wildman–Crippen MR) is 130 cm³/mol. The molecule has 2 N–H and O–H groups in total. The highest BCUT2D eigenvalue weighted by Gasteiger charge is 2.21. The number of benzene rings is 2. The van der Waals surface area contributed by atoms with E-state index in [4.69, 9.17) is 0 Å². The Labute approximate surface area is 193 Å². The monoisotopic (exact) mass is 440 g/mol. The van der Waals surface area contributed by atoms with E-state index in [0.717, 1.165) is 43.1 Å². The summed E-state index contributed by atoms with van der Waals surface area (Å²) in [5.74, 6) is 0.0492. The van der Waals surface area contributed by atoms with Crippen molar-refractivity contribution in [3.8, 4) is 0 Å². The van der Waals surface area contributed by atoms with Gasteiger partial charge in [0.15, 0.2) is 5.69 Å². The molecule has 5 rings (SSSR count). The minimum Gasteiger partial charge on any atom is -0.373 e. The molecule has 0 atom stereocenters. The maximum absolute atomic E-state index is 13.3. The van der Waals surface area contributed by atoms with Crippen molar-refractivity contribution in [2.75, 3.05) is 18.4 Å². The second kappa shape index (κ2) is 9.45. The molecule has 0 bridgehead atoms. The van der Waals surface area contributed by atoms with Gasteiger partial charge in [0.05, 0.1) is 5.69 Å². The van der Waals surface area contributed by atoms with Gasteiger partial charge in [-0.1, -0.05) is 42.8 Å². The summed E-state index contributed by atoms with van der Waals surface area (Å²) in [6.45, 7) is 2.48. The van der Waals surface area contributed by atoms with Gasteiger partial charge in [-0.2, -0.15) is 0 Å². The number of carbonyl (C=O) groups excluding carboxylic acids is 2. The summed E-state index contributed by atoms with van der Waals surface area (Å²) >= 11 is 0. The van der Waals surface area contributed by atoms with Gasteiger partial charge in [0.2, 0.25) is 0 Å². The second-order valence-corrected chi connectivity index (χ2v) is 8.82. The zero-order valence-electron chi connectivity index (χ0n) is 18.6. The van der Waals surface area contributed by atoms with E-state index in [2.05, 4.69) is 38.9 Å². The fraction of sp³-hybridized carbons (Fsp3) is 0.296. The third-order valence-electron chi connectivity index (χ3n) is 6.58. The summed E-state index contributed by atoms with van der Waals surface area (Å²) in [4.78, 5) is 32.5. The molecule has 2 aromatic carbocycles. The first-order valence-electron chi connectivity index (χ1n) is 11.6. The van der Waals surface area contributed by atoms with Gasteiger partial charge >= 0.3 is 0 Å². The maximum atomic E-state index is 13.3. The van der Waals surface area contributed by atoms with Gasteiger partial charge in [-0.25, -0.2) is 4.98 Å². The molecule has 2 amide bonds. The van der Waals surface area contributed by atoms with Gasteiger partial charge in [0, 0.05) is 31.4 Å². The normalized spacial score (nSPS) is 15.5. The Hall–Kier alpha value is -3.67. The lowest BCUT2D eigenvalue weighted by atomic mass is 9.85. The second-order valence-electron chi connectivity index (χ2n) is 8.82. The molecular formula is C27H28N4O2. The van der Waals surface area contributed by atoms with E-state index in [-0.39, 0.29) is 17.5 Å². The van der Waals surface area contributed by atoms with Crippen molar-refractivity contribution >= 4 is 28.3 Å². The molecule has 1 aliphatic heterocycles. The van der Waals surface area contributed by atoms with Crippen LogP contribution in [0.4, 0.5) is 5.69 Å². The van der Waals surface area contributed by atoms with Crippen molar-refractivity contribution in [1.82, 2.24) is 15.2 Å². The van der Waals surface area contributed by atoms with Crippen LogP contribution in [0.25, 0.3) is 10.8 Å². The summed E-state index contributed by atoms with van der Waals surface area (Å²) in [5.41, 5.74) is 2.43. The summed E-state index contributed by atoms with van der Waals surface area (Å²) in [5, 5.41) is 7.85. The zero-order valence-corrected chi connectivity index (χ0v) is 18.6. The summed E-state index contributed by atoms with van der Waals surface area (Å²) in [6, 6.07) is 15.3. The average molecular weight is 441 g/mol. The Morgan fingerprint density at radius 2 is 1.85 bits per heavy atom. The summed E-state index contributed by atoms with van der Waals surface area (Å²) in [7, 11) is 0. The molecule has 0 saturated heterocycles. The smallest absolute Gasteiger partial charge is 0.272 e. The van der Waals surface area contributed by atoms with Crippen molar-refractivity contribution in [3.63, 3.8) is 0 Å². The van der Waals surface area contributed by atoms with Crippen molar-refractivity contribution in [2.24, 2.45) is 5.92 Å². The van der Waals surface area contributed by atoms with E-state index in [9.17, 15) is 9.59 Å². The van der Waals surface area contributed by atoms with Crippen LogP contribution in [-0.2, 0) is 6.54 Å². The van der Waals surface area contributed by atoms with E-state index >= 15 is 0 Å². The molecule has 2 aliphatic rings. The number of fused-ring (bicyclic) bond motifs is 1. The van der Waals surface area contributed by atoms with E-state index in [1.807, 2.05) is 30.3 Å². The lowest BCUT2D eigenvalue weighted by molar-refractivity contribution is 0.0935. The van der Waals surface area contributed by atoms with Crippen LogP contribution in [0.5, 0.6) is 0 Å². The number of amides is 2. The summed E-state index contributed by atoms with van der Waals surface area (Å²) in [6.07, 6.45) is 10.5. The van der Waals surface area contributed by atoms with Gasteiger partial charge in [-0.05, 0) is 65.9 Å². The van der Waals surface area contributed by atoms with Crippen LogP contribution >= 0.6 is 0 Å². The van der Waals surface area contributed by atoms with Crippen LogP contribution in [0, 0.1) is 5.92 Å². The third-order valence-corrected chi connectivity index (χ3v) is 6.58. The molecule has 0 radical (unpaired) electrons. The van der Waals surface area contributed by atoms with Gasteiger partial charge in [-0.15, -0.1) is 0 Å². The molecule has 1 aliphatic carbocycles. The highest BCUT2D eigenvalue weighted by molar-refractivity contribution is 6.15. The highest BCUT2D eigenvalue weighted by atomic mass is 16.2. The number of nitrogens with zero attached hydrogens (tertiary/aromatic N) is 2. The van der Waals surface area contributed by atoms with E-state index < -0.39 is 0 Å². The van der Waals surface area contributed by atoms with E-state index in [0.29, 0.717) is 23.7 Å². The predicted octanol–water partition coefficient (Wildman–Crippen LogP) is 4.74. The Kier molecular flexibility index (Phi) is 6.07. The number of rotatable bonds is 7. The molecule has 6 heteroatoms. The molecular weight excluding hydrogens is 412 g/mol. The minimum absolute atomic E-state index is 0.243. The first-order valence-corrected chi connectivity index (χ1v) is 11.6. The molecule has 6 nitrogen and oxygen atoms in total. The van der Waals surface area contributed by atoms with Crippen LogP contribution in [0.1, 0.15) is 52.1 Å². The Morgan fingerprint density at radius 3 is 2.61 bits per heavy atom. The molecule has 33 heavy (non-hydrogen) atoms. The molecule has 2 heterocycles. The maximum Gasteiger partial charge on any atom is 0.272 e.